The summed E-state index contributed by atoms with van der Waals surface area (Å²) in [5, 5.41) is 9.20. The first kappa shape index (κ1) is 21.1. The SMILES string of the molecule is CCCCCCCCCCCCCC(CCO)N1C(=O)CCC1=O. The standard InChI is InChI=1S/C20H37NO3/c1-2-3-4-5-6-7-8-9-10-11-12-13-18(16-17-22)21-19(23)14-15-20(21)24/h18,22H,2-17H2,1H3. The molecule has 0 spiro atoms. The number of unbranched alkanes of at least 4 members (excludes halogenated alkanes) is 10. The maximum Gasteiger partial charge on any atom is 0.229 e. The highest BCUT2D eigenvalue weighted by Crippen LogP contribution is 2.22. The van der Waals surface area contributed by atoms with E-state index >= 15 is 0 Å². The molecule has 1 rings (SSSR count). The van der Waals surface area contributed by atoms with Gasteiger partial charge in [-0.05, 0) is 12.8 Å². The van der Waals surface area contributed by atoms with Crippen molar-refractivity contribution in [1.82, 2.24) is 4.90 Å². The lowest BCUT2D eigenvalue weighted by Crippen LogP contribution is -2.40. The number of rotatable bonds is 15. The predicted octanol–water partition coefficient (Wildman–Crippen LogP) is 4.59. The average molecular weight is 340 g/mol. The second-order valence-electron chi connectivity index (χ2n) is 7.15. The smallest absolute Gasteiger partial charge is 0.229 e. The molecule has 0 aromatic rings. The molecule has 1 saturated heterocycles. The maximum atomic E-state index is 11.8. The predicted molar refractivity (Wildman–Crippen MR) is 97.7 cm³/mol. The van der Waals surface area contributed by atoms with Crippen molar-refractivity contribution in [2.45, 2.75) is 109 Å². The van der Waals surface area contributed by atoms with Gasteiger partial charge in [0.05, 0.1) is 0 Å². The van der Waals surface area contributed by atoms with Crippen LogP contribution >= 0.6 is 0 Å². The summed E-state index contributed by atoms with van der Waals surface area (Å²) < 4.78 is 0. The van der Waals surface area contributed by atoms with Crippen LogP contribution in [0.1, 0.15) is 103 Å². The summed E-state index contributed by atoms with van der Waals surface area (Å²) in [5.41, 5.74) is 0. The van der Waals surface area contributed by atoms with E-state index in [1.165, 1.54) is 62.7 Å². The number of carbonyl (C=O) groups is 2. The molecule has 0 aliphatic carbocycles. The Morgan fingerprint density at radius 3 is 1.71 bits per heavy atom. The van der Waals surface area contributed by atoms with E-state index in [2.05, 4.69) is 6.92 Å². The second kappa shape index (κ2) is 13.4. The van der Waals surface area contributed by atoms with Crippen LogP contribution in [-0.2, 0) is 9.59 Å². The van der Waals surface area contributed by atoms with Crippen LogP contribution < -0.4 is 0 Å². The molecule has 0 saturated carbocycles. The van der Waals surface area contributed by atoms with Crippen molar-refractivity contribution < 1.29 is 14.7 Å². The van der Waals surface area contributed by atoms with E-state index in [4.69, 9.17) is 0 Å². The number of nitrogens with zero attached hydrogens (tertiary/aromatic N) is 1. The van der Waals surface area contributed by atoms with Gasteiger partial charge in [0.25, 0.3) is 0 Å². The van der Waals surface area contributed by atoms with Gasteiger partial charge in [0, 0.05) is 25.5 Å². The summed E-state index contributed by atoms with van der Waals surface area (Å²) in [4.78, 5) is 25.1. The Morgan fingerprint density at radius 2 is 1.25 bits per heavy atom. The van der Waals surface area contributed by atoms with Gasteiger partial charge in [-0.3, -0.25) is 14.5 Å². The number of amides is 2. The Bertz CT molecular complexity index is 341. The molecule has 140 valence electrons. The van der Waals surface area contributed by atoms with Crippen LogP contribution in [0, 0.1) is 0 Å². The first-order chi connectivity index (χ1) is 11.7. The summed E-state index contributed by atoms with van der Waals surface area (Å²) in [7, 11) is 0. The van der Waals surface area contributed by atoms with E-state index < -0.39 is 0 Å². The largest absolute Gasteiger partial charge is 0.396 e. The second-order valence-corrected chi connectivity index (χ2v) is 7.15. The maximum absolute atomic E-state index is 11.8. The number of hydrogen-bond acceptors (Lipinski definition) is 3. The van der Waals surface area contributed by atoms with Crippen molar-refractivity contribution in [3.8, 4) is 0 Å². The molecule has 0 radical (unpaired) electrons. The highest BCUT2D eigenvalue weighted by molar-refractivity contribution is 6.02. The fourth-order valence-electron chi connectivity index (χ4n) is 3.60. The first-order valence-electron chi connectivity index (χ1n) is 10.2. The Kier molecular flexibility index (Phi) is 11.8. The van der Waals surface area contributed by atoms with Crippen LogP contribution in [0.25, 0.3) is 0 Å². The minimum atomic E-state index is -0.0870. The lowest BCUT2D eigenvalue weighted by molar-refractivity contribution is -0.141. The molecular formula is C20H37NO3. The molecule has 1 N–H and O–H groups in total. The van der Waals surface area contributed by atoms with Crippen LogP contribution in [0.3, 0.4) is 0 Å². The molecule has 2 amide bonds. The first-order valence-corrected chi connectivity index (χ1v) is 10.2. The van der Waals surface area contributed by atoms with Crippen molar-refractivity contribution in [3.05, 3.63) is 0 Å². The Balaban J connectivity index is 2.05. The molecule has 1 unspecified atom stereocenters. The zero-order chi connectivity index (χ0) is 17.6. The minimum absolute atomic E-state index is 0.0414. The zero-order valence-electron chi connectivity index (χ0n) is 15.6. The third-order valence-electron chi connectivity index (χ3n) is 5.06. The Hall–Kier alpha value is -0.900. The van der Waals surface area contributed by atoms with E-state index in [1.54, 1.807) is 0 Å². The highest BCUT2D eigenvalue weighted by Gasteiger charge is 2.34. The van der Waals surface area contributed by atoms with Gasteiger partial charge in [0.2, 0.25) is 11.8 Å². The van der Waals surface area contributed by atoms with E-state index in [-0.39, 0.29) is 24.5 Å². The molecule has 4 heteroatoms. The van der Waals surface area contributed by atoms with Crippen LogP contribution in [0.4, 0.5) is 0 Å². The van der Waals surface area contributed by atoms with Gasteiger partial charge in [0.15, 0.2) is 0 Å². The molecule has 0 aromatic carbocycles. The summed E-state index contributed by atoms with van der Waals surface area (Å²) in [6, 6.07) is -0.0870. The van der Waals surface area contributed by atoms with E-state index in [1.807, 2.05) is 0 Å². The van der Waals surface area contributed by atoms with Crippen LogP contribution in [0.2, 0.25) is 0 Å². The molecule has 1 heterocycles. The third kappa shape index (κ3) is 8.27. The Morgan fingerprint density at radius 1 is 0.792 bits per heavy atom. The van der Waals surface area contributed by atoms with Crippen LogP contribution in [0.5, 0.6) is 0 Å². The molecule has 0 bridgehead atoms. The molecule has 1 atom stereocenters. The van der Waals surface area contributed by atoms with Gasteiger partial charge in [-0.2, -0.15) is 0 Å². The van der Waals surface area contributed by atoms with Gasteiger partial charge < -0.3 is 5.11 Å². The van der Waals surface area contributed by atoms with Gasteiger partial charge in [-0.15, -0.1) is 0 Å². The normalized spacial score (nSPS) is 16.2. The van der Waals surface area contributed by atoms with Gasteiger partial charge in [0.1, 0.15) is 0 Å². The number of likely N-dealkylation sites (tertiary alicyclic amines) is 1. The van der Waals surface area contributed by atoms with Crippen molar-refractivity contribution in [1.29, 1.82) is 0 Å². The summed E-state index contributed by atoms with van der Waals surface area (Å²) in [6.07, 6.45) is 16.3. The molecule has 1 fully saturated rings. The van der Waals surface area contributed by atoms with E-state index in [0.717, 1.165) is 19.3 Å². The van der Waals surface area contributed by atoms with Crippen molar-refractivity contribution >= 4 is 11.8 Å². The summed E-state index contributed by atoms with van der Waals surface area (Å²) >= 11 is 0. The van der Waals surface area contributed by atoms with Gasteiger partial charge >= 0.3 is 0 Å². The number of carbonyl (C=O) groups excluding carboxylic acids is 2. The van der Waals surface area contributed by atoms with Crippen LogP contribution in [0.15, 0.2) is 0 Å². The molecule has 4 nitrogen and oxygen atoms in total. The molecular weight excluding hydrogens is 302 g/mol. The fourth-order valence-corrected chi connectivity index (χ4v) is 3.60. The molecule has 24 heavy (non-hydrogen) atoms. The molecule has 1 aliphatic rings. The quantitative estimate of drug-likeness (QED) is 0.351. The monoisotopic (exact) mass is 339 g/mol. The topological polar surface area (TPSA) is 57.6 Å². The van der Waals surface area contributed by atoms with E-state index in [0.29, 0.717) is 19.3 Å². The van der Waals surface area contributed by atoms with Crippen LogP contribution in [-0.4, -0.2) is 34.5 Å². The lowest BCUT2D eigenvalue weighted by atomic mass is 10.0. The molecule has 0 aromatic heterocycles. The van der Waals surface area contributed by atoms with Gasteiger partial charge in [-0.25, -0.2) is 0 Å². The fraction of sp³-hybridized carbons (Fsp3) is 0.900. The number of aliphatic hydroxyl groups is 1. The zero-order valence-corrected chi connectivity index (χ0v) is 15.6. The third-order valence-corrected chi connectivity index (χ3v) is 5.06. The number of imide groups is 1. The highest BCUT2D eigenvalue weighted by atomic mass is 16.3. The van der Waals surface area contributed by atoms with Crippen molar-refractivity contribution in [2.24, 2.45) is 0 Å². The lowest BCUT2D eigenvalue weighted by Gasteiger charge is -2.25. The number of hydrogen-bond donors (Lipinski definition) is 1. The van der Waals surface area contributed by atoms with Gasteiger partial charge in [-0.1, -0.05) is 77.6 Å². The summed E-state index contributed by atoms with van der Waals surface area (Å²) in [5.74, 6) is -0.108. The molecule has 1 aliphatic heterocycles. The van der Waals surface area contributed by atoms with Crippen molar-refractivity contribution in [2.75, 3.05) is 6.61 Å². The summed E-state index contributed by atoms with van der Waals surface area (Å²) in [6.45, 7) is 2.29. The Labute approximate surface area is 148 Å². The minimum Gasteiger partial charge on any atom is -0.396 e. The number of aliphatic hydroxyl groups excluding tert-OH is 1. The average Bonchev–Trinajstić information content (AvgIpc) is 2.90. The van der Waals surface area contributed by atoms with Crippen molar-refractivity contribution in [3.63, 3.8) is 0 Å². The van der Waals surface area contributed by atoms with E-state index in [9.17, 15) is 14.7 Å².